The van der Waals surface area contributed by atoms with Crippen molar-refractivity contribution in [3.8, 4) is 0 Å². The van der Waals surface area contributed by atoms with Gasteiger partial charge in [-0.2, -0.15) is 0 Å². The van der Waals surface area contributed by atoms with Crippen LogP contribution in [0.2, 0.25) is 0 Å². The van der Waals surface area contributed by atoms with Crippen molar-refractivity contribution in [2.45, 2.75) is 18.2 Å². The Morgan fingerprint density at radius 3 is 2.48 bits per heavy atom. The summed E-state index contributed by atoms with van der Waals surface area (Å²) in [6.45, 7) is 1.94. The van der Waals surface area contributed by atoms with Crippen molar-refractivity contribution in [2.24, 2.45) is 11.5 Å². The fraction of sp³-hybridized carbons (Fsp3) is 0.267. The van der Waals surface area contributed by atoms with Crippen LogP contribution < -0.4 is 11.5 Å². The number of methoxy groups -OCH3 is 1. The topological polar surface area (TPSA) is 87.6 Å². The second-order valence-electron chi connectivity index (χ2n) is 4.01. The highest BCUT2D eigenvalue weighted by Gasteiger charge is 2.16. The largest absolute Gasteiger partial charge is 0.493 e. The maximum atomic E-state index is 11.3. The summed E-state index contributed by atoms with van der Waals surface area (Å²) < 4.78 is 10.8. The van der Waals surface area contributed by atoms with Gasteiger partial charge in [0.15, 0.2) is 11.5 Å². The molecule has 0 saturated carbocycles. The van der Waals surface area contributed by atoms with Crippen LogP contribution in [-0.4, -0.2) is 19.0 Å². The number of amides is 1. The lowest BCUT2D eigenvalue weighted by Gasteiger charge is -2.14. The van der Waals surface area contributed by atoms with Crippen LogP contribution in [0, 0.1) is 0 Å². The van der Waals surface area contributed by atoms with Crippen LogP contribution in [0.1, 0.15) is 13.3 Å². The lowest BCUT2D eigenvalue weighted by atomic mass is 10.2. The smallest absolute Gasteiger partial charge is 0.268 e. The van der Waals surface area contributed by atoms with Gasteiger partial charge in [0, 0.05) is 4.90 Å². The summed E-state index contributed by atoms with van der Waals surface area (Å²) in [6.07, 6.45) is 2.49. The molecule has 0 aliphatic carbocycles. The third-order valence-electron chi connectivity index (χ3n) is 2.52. The molecule has 0 spiro atoms. The molecule has 21 heavy (non-hydrogen) atoms. The van der Waals surface area contributed by atoms with Gasteiger partial charge in [0.25, 0.3) is 5.91 Å². The van der Waals surface area contributed by atoms with E-state index in [0.717, 1.165) is 4.90 Å². The van der Waals surface area contributed by atoms with E-state index in [2.05, 4.69) is 0 Å². The molecular formula is C15H20N2O3S. The number of rotatable bonds is 8. The summed E-state index contributed by atoms with van der Waals surface area (Å²) in [5, 5.41) is 0. The van der Waals surface area contributed by atoms with Gasteiger partial charge in [-0.25, -0.2) is 0 Å². The number of nitrogens with two attached hydrogens (primary N) is 2. The number of benzene rings is 1. The van der Waals surface area contributed by atoms with E-state index in [0.29, 0.717) is 12.2 Å². The second kappa shape index (κ2) is 8.97. The molecule has 0 bridgehead atoms. The molecule has 1 aromatic carbocycles. The monoisotopic (exact) mass is 308 g/mol. The highest BCUT2D eigenvalue weighted by Crippen LogP contribution is 2.22. The molecule has 1 aromatic rings. The van der Waals surface area contributed by atoms with E-state index in [1.54, 1.807) is 6.08 Å². The van der Waals surface area contributed by atoms with E-state index in [1.807, 2.05) is 37.3 Å². The summed E-state index contributed by atoms with van der Waals surface area (Å²) in [5.41, 5.74) is 10.8. The Labute approximate surface area is 129 Å². The second-order valence-corrected chi connectivity index (χ2v) is 5.00. The molecule has 114 valence electrons. The number of hydrogen-bond donors (Lipinski definition) is 2. The number of allylic oxidation sites excluding steroid dienone is 1. The van der Waals surface area contributed by atoms with Gasteiger partial charge in [0.2, 0.25) is 0 Å². The molecule has 0 aliphatic rings. The first-order valence-electron chi connectivity index (χ1n) is 6.44. The first-order valence-corrected chi connectivity index (χ1v) is 7.43. The third-order valence-corrected chi connectivity index (χ3v) is 3.36. The van der Waals surface area contributed by atoms with Crippen molar-refractivity contribution in [2.75, 3.05) is 13.0 Å². The van der Waals surface area contributed by atoms with Gasteiger partial charge >= 0.3 is 0 Å². The zero-order chi connectivity index (χ0) is 15.7. The molecule has 1 rings (SSSR count). The Balaban J connectivity index is 2.82. The summed E-state index contributed by atoms with van der Waals surface area (Å²) in [7, 11) is 1.49. The minimum Gasteiger partial charge on any atom is -0.493 e. The van der Waals surface area contributed by atoms with Crippen LogP contribution in [-0.2, 0) is 14.3 Å². The lowest BCUT2D eigenvalue weighted by Crippen LogP contribution is -2.24. The molecule has 0 radical (unpaired) electrons. The summed E-state index contributed by atoms with van der Waals surface area (Å²) in [5.74, 6) is 0.129. The molecule has 0 fully saturated rings. The Kier molecular flexibility index (Phi) is 7.25. The van der Waals surface area contributed by atoms with Crippen LogP contribution in [0.15, 0.2) is 58.5 Å². The van der Waals surface area contributed by atoms with Gasteiger partial charge in [-0.05, 0) is 24.6 Å². The molecule has 6 heteroatoms. The minimum atomic E-state index is -0.742. The van der Waals surface area contributed by atoms with E-state index >= 15 is 0 Å². The fourth-order valence-electron chi connectivity index (χ4n) is 1.52. The highest BCUT2D eigenvalue weighted by atomic mass is 32.2. The van der Waals surface area contributed by atoms with Crippen molar-refractivity contribution in [3.63, 3.8) is 0 Å². The van der Waals surface area contributed by atoms with Gasteiger partial charge in [0.1, 0.15) is 11.6 Å². The standard InChI is InChI=1S/C15H20N2O3S/c1-3-7-12(19-2)14(13(16)15(17)18)20-10-21-11-8-5-4-6-9-11/h4-9H,3,10,16H2,1-2H3,(H2,17,18)/b12-7+,14-13+. The highest BCUT2D eigenvalue weighted by molar-refractivity contribution is 7.99. The van der Waals surface area contributed by atoms with E-state index in [9.17, 15) is 4.79 Å². The maximum Gasteiger partial charge on any atom is 0.268 e. The van der Waals surface area contributed by atoms with Gasteiger partial charge in [-0.3, -0.25) is 4.79 Å². The Morgan fingerprint density at radius 1 is 1.29 bits per heavy atom. The van der Waals surface area contributed by atoms with E-state index < -0.39 is 5.91 Å². The Bertz CT molecular complexity index is 527. The SMILES string of the molecule is CC/C=C(OC)\C(OCSc1ccccc1)=C(/N)C(N)=O. The summed E-state index contributed by atoms with van der Waals surface area (Å²) >= 11 is 1.48. The van der Waals surface area contributed by atoms with Gasteiger partial charge in [-0.1, -0.05) is 36.9 Å². The van der Waals surface area contributed by atoms with Crippen LogP contribution in [0.3, 0.4) is 0 Å². The molecule has 0 atom stereocenters. The van der Waals surface area contributed by atoms with Crippen LogP contribution in [0.5, 0.6) is 0 Å². The fourth-order valence-corrected chi connectivity index (χ4v) is 2.18. The molecular weight excluding hydrogens is 288 g/mol. The Hall–Kier alpha value is -2.08. The first-order chi connectivity index (χ1) is 10.1. The van der Waals surface area contributed by atoms with E-state index in [-0.39, 0.29) is 17.4 Å². The molecule has 1 amide bonds. The van der Waals surface area contributed by atoms with Crippen molar-refractivity contribution in [1.82, 2.24) is 0 Å². The van der Waals surface area contributed by atoms with Crippen LogP contribution in [0.25, 0.3) is 0 Å². The van der Waals surface area contributed by atoms with Gasteiger partial charge in [0.05, 0.1) is 7.11 Å². The molecule has 0 saturated heterocycles. The summed E-state index contributed by atoms with van der Waals surface area (Å²) in [4.78, 5) is 12.3. The lowest BCUT2D eigenvalue weighted by molar-refractivity contribution is -0.114. The first kappa shape index (κ1) is 17.0. The predicted molar refractivity (Wildman–Crippen MR) is 84.0 cm³/mol. The summed E-state index contributed by atoms with van der Waals surface area (Å²) in [6, 6.07) is 9.75. The average Bonchev–Trinajstić information content (AvgIpc) is 2.50. The molecule has 0 aliphatic heterocycles. The number of hydrogen-bond acceptors (Lipinski definition) is 5. The van der Waals surface area contributed by atoms with Crippen LogP contribution >= 0.6 is 11.8 Å². The zero-order valence-electron chi connectivity index (χ0n) is 12.2. The molecule has 5 nitrogen and oxygen atoms in total. The van der Waals surface area contributed by atoms with Gasteiger partial charge in [-0.15, -0.1) is 0 Å². The molecule has 4 N–H and O–H groups in total. The number of carbonyl (C=O) groups is 1. The zero-order valence-corrected chi connectivity index (χ0v) is 13.0. The van der Waals surface area contributed by atoms with Crippen molar-refractivity contribution in [1.29, 1.82) is 0 Å². The Morgan fingerprint density at radius 2 is 1.95 bits per heavy atom. The average molecular weight is 308 g/mol. The number of thioether (sulfide) groups is 1. The van der Waals surface area contributed by atoms with Crippen molar-refractivity contribution < 1.29 is 14.3 Å². The number of primary amides is 1. The van der Waals surface area contributed by atoms with Crippen LogP contribution in [0.4, 0.5) is 0 Å². The molecule has 0 heterocycles. The molecule has 0 unspecified atom stereocenters. The van der Waals surface area contributed by atoms with Crippen molar-refractivity contribution >= 4 is 17.7 Å². The van der Waals surface area contributed by atoms with E-state index in [4.69, 9.17) is 20.9 Å². The number of ether oxygens (including phenoxy) is 2. The minimum absolute atomic E-state index is 0.148. The van der Waals surface area contributed by atoms with E-state index in [1.165, 1.54) is 18.9 Å². The normalized spacial score (nSPS) is 12.6. The maximum absolute atomic E-state index is 11.3. The third kappa shape index (κ3) is 5.43. The quantitative estimate of drug-likeness (QED) is 0.253. The number of carbonyl (C=O) groups excluding carboxylic acids is 1. The van der Waals surface area contributed by atoms with Gasteiger partial charge < -0.3 is 20.9 Å². The molecule has 0 aromatic heterocycles. The predicted octanol–water partition coefficient (Wildman–Crippen LogP) is 2.35. The van der Waals surface area contributed by atoms with Crippen molar-refractivity contribution in [3.05, 3.63) is 53.6 Å².